The Hall–Kier alpha value is -2.83. The Labute approximate surface area is 169 Å². The normalized spacial score (nSPS) is 21.7. The number of carbonyl (C=O) groups is 1. The first-order valence-corrected chi connectivity index (χ1v) is 10.6. The van der Waals surface area contributed by atoms with Crippen LogP contribution in [0.1, 0.15) is 36.8 Å². The largest absolute Gasteiger partial charge is 0.377 e. The summed E-state index contributed by atoms with van der Waals surface area (Å²) in [5, 5.41) is 6.36. The number of piperidine rings is 1. The number of carbonyl (C=O) groups excluding carboxylic acids is 1. The highest BCUT2D eigenvalue weighted by atomic mass is 16.2. The van der Waals surface area contributed by atoms with Gasteiger partial charge in [0.15, 0.2) is 0 Å². The van der Waals surface area contributed by atoms with Crippen LogP contribution in [0, 0.1) is 0 Å². The average molecular weight is 394 g/mol. The van der Waals surface area contributed by atoms with Crippen LogP contribution in [0.25, 0.3) is 0 Å². The molecule has 0 bridgehead atoms. The highest BCUT2D eigenvalue weighted by Crippen LogP contribution is 2.30. The maximum atomic E-state index is 12.8. The zero-order valence-electron chi connectivity index (χ0n) is 16.4. The molecule has 2 aromatic rings. The maximum absolute atomic E-state index is 12.8. The molecule has 2 aliphatic heterocycles. The maximum Gasteiger partial charge on any atom is 0.317 e. The number of amides is 2. The molecule has 3 aliphatic rings. The Balaban J connectivity index is 1.23. The van der Waals surface area contributed by atoms with Crippen molar-refractivity contribution in [3.8, 4) is 0 Å². The van der Waals surface area contributed by atoms with E-state index in [0.29, 0.717) is 37.1 Å². The lowest BCUT2D eigenvalue weighted by Gasteiger charge is -2.37. The molecule has 1 aliphatic carbocycles. The molecule has 2 aromatic carbocycles. The summed E-state index contributed by atoms with van der Waals surface area (Å²) in [5.74, 6) is 0. The van der Waals surface area contributed by atoms with Gasteiger partial charge in [0.25, 0.3) is 10.9 Å². The number of benzene rings is 1. The molecule has 2 fully saturated rings. The minimum atomic E-state index is -0.398. The van der Waals surface area contributed by atoms with Crippen molar-refractivity contribution in [1.29, 1.82) is 0 Å². The first kappa shape index (κ1) is 18.2. The molecule has 5 rings (SSSR count). The van der Waals surface area contributed by atoms with Crippen LogP contribution in [0.3, 0.4) is 0 Å². The number of fused-ring (bicyclic) bond motifs is 1. The molecule has 1 saturated heterocycles. The van der Waals surface area contributed by atoms with E-state index >= 15 is 0 Å². The molecule has 152 valence electrons. The van der Waals surface area contributed by atoms with E-state index in [1.807, 2.05) is 21.9 Å². The van der Waals surface area contributed by atoms with Gasteiger partial charge in [-0.1, -0.05) is 24.3 Å². The van der Waals surface area contributed by atoms with E-state index in [9.17, 15) is 14.4 Å². The van der Waals surface area contributed by atoms with Crippen LogP contribution in [0.5, 0.6) is 0 Å². The molecule has 7 heteroatoms. The van der Waals surface area contributed by atoms with E-state index in [2.05, 4.69) is 22.8 Å². The smallest absolute Gasteiger partial charge is 0.317 e. The third kappa shape index (κ3) is 3.50. The molecule has 29 heavy (non-hydrogen) atoms. The first-order valence-electron chi connectivity index (χ1n) is 10.6. The molecule has 2 heterocycles. The van der Waals surface area contributed by atoms with Gasteiger partial charge in [0, 0.05) is 38.3 Å². The van der Waals surface area contributed by atoms with Gasteiger partial charge in [0.2, 0.25) is 0 Å². The molecule has 0 radical (unpaired) electrons. The molecule has 1 saturated carbocycles. The van der Waals surface area contributed by atoms with Crippen molar-refractivity contribution in [3.05, 3.63) is 55.8 Å². The number of urea groups is 1. The van der Waals surface area contributed by atoms with Crippen LogP contribution in [0.4, 0.5) is 16.2 Å². The third-order valence-electron chi connectivity index (χ3n) is 6.29. The van der Waals surface area contributed by atoms with Crippen molar-refractivity contribution < 1.29 is 4.79 Å². The summed E-state index contributed by atoms with van der Waals surface area (Å²) in [5.41, 5.74) is 2.73. The summed E-state index contributed by atoms with van der Waals surface area (Å²) in [7, 11) is 0. The predicted molar refractivity (Wildman–Crippen MR) is 112 cm³/mol. The summed E-state index contributed by atoms with van der Waals surface area (Å²) in [6.45, 7) is 2.66. The lowest BCUT2D eigenvalue weighted by Crippen LogP contribution is -2.54. The van der Waals surface area contributed by atoms with Crippen LogP contribution in [0.15, 0.2) is 33.9 Å². The van der Waals surface area contributed by atoms with Gasteiger partial charge in [0.1, 0.15) is 11.4 Å². The average Bonchev–Trinajstić information content (AvgIpc) is 3.57. The number of anilines is 2. The second-order valence-electron chi connectivity index (χ2n) is 8.48. The van der Waals surface area contributed by atoms with E-state index in [-0.39, 0.29) is 12.1 Å². The van der Waals surface area contributed by atoms with Gasteiger partial charge in [0.05, 0.1) is 0 Å². The first-order chi connectivity index (χ1) is 14.1. The summed E-state index contributed by atoms with van der Waals surface area (Å²) >= 11 is 0. The number of nitrogens with one attached hydrogen (secondary N) is 2. The van der Waals surface area contributed by atoms with E-state index in [1.165, 1.54) is 11.1 Å². The van der Waals surface area contributed by atoms with E-state index < -0.39 is 10.9 Å². The summed E-state index contributed by atoms with van der Waals surface area (Å²) in [6.07, 6.45) is 4.74. The number of hydrogen-bond acceptors (Lipinski definition) is 5. The van der Waals surface area contributed by atoms with E-state index in [0.717, 1.165) is 38.6 Å². The quantitative estimate of drug-likeness (QED) is 0.770. The van der Waals surface area contributed by atoms with Crippen molar-refractivity contribution in [2.24, 2.45) is 0 Å². The Morgan fingerprint density at radius 1 is 0.966 bits per heavy atom. The van der Waals surface area contributed by atoms with Crippen molar-refractivity contribution >= 4 is 17.4 Å². The highest BCUT2D eigenvalue weighted by molar-refractivity contribution is 5.77. The topological polar surface area (TPSA) is 81.8 Å². The van der Waals surface area contributed by atoms with Crippen molar-refractivity contribution in [1.82, 2.24) is 10.2 Å². The van der Waals surface area contributed by atoms with Crippen molar-refractivity contribution in [2.45, 2.75) is 50.7 Å². The SMILES string of the molecule is O=C(NC1CCCN(c2c(NC3CC3)c(=O)c2=O)C1)N1CCc2ccccc2C1. The number of nitrogens with zero attached hydrogens (tertiary/aromatic N) is 2. The fraction of sp³-hybridized carbons (Fsp3) is 0.500. The minimum absolute atomic E-state index is 0.0217. The molecular weight excluding hydrogens is 368 g/mol. The van der Waals surface area contributed by atoms with Gasteiger partial charge < -0.3 is 20.4 Å². The Kier molecular flexibility index (Phi) is 4.53. The van der Waals surface area contributed by atoms with E-state index in [4.69, 9.17) is 0 Å². The molecule has 0 spiro atoms. The standard InChI is InChI=1S/C22H26N4O3/c27-20-18(23-16-7-8-16)19(21(20)28)25-10-3-6-17(13-25)24-22(29)26-11-9-14-4-1-2-5-15(14)12-26/h1-2,4-5,16-17,23H,3,6-13H2,(H,24,29). The van der Waals surface area contributed by atoms with Crippen LogP contribution in [-0.2, 0) is 13.0 Å². The third-order valence-corrected chi connectivity index (χ3v) is 6.29. The molecule has 2 N–H and O–H groups in total. The van der Waals surface area contributed by atoms with Crippen LogP contribution < -0.4 is 26.4 Å². The highest BCUT2D eigenvalue weighted by Gasteiger charge is 2.33. The van der Waals surface area contributed by atoms with Gasteiger partial charge in [-0.05, 0) is 43.2 Å². The van der Waals surface area contributed by atoms with Gasteiger partial charge in [-0.25, -0.2) is 4.79 Å². The van der Waals surface area contributed by atoms with Crippen molar-refractivity contribution in [2.75, 3.05) is 29.9 Å². The number of rotatable bonds is 4. The van der Waals surface area contributed by atoms with Gasteiger partial charge in [-0.15, -0.1) is 0 Å². The van der Waals surface area contributed by atoms with Crippen LogP contribution in [0.2, 0.25) is 0 Å². The summed E-state index contributed by atoms with van der Waals surface area (Å²) < 4.78 is 0. The lowest BCUT2D eigenvalue weighted by atomic mass is 10.00. The Morgan fingerprint density at radius 2 is 1.76 bits per heavy atom. The second-order valence-corrected chi connectivity index (χ2v) is 8.48. The molecule has 1 atom stereocenters. The second kappa shape index (κ2) is 7.21. The van der Waals surface area contributed by atoms with Gasteiger partial charge >= 0.3 is 6.03 Å². The molecular formula is C22H26N4O3. The minimum Gasteiger partial charge on any atom is -0.377 e. The van der Waals surface area contributed by atoms with Crippen LogP contribution in [-0.4, -0.2) is 42.6 Å². The number of hydrogen-bond donors (Lipinski definition) is 2. The van der Waals surface area contributed by atoms with E-state index in [1.54, 1.807) is 0 Å². The lowest BCUT2D eigenvalue weighted by molar-refractivity contribution is 0.186. The summed E-state index contributed by atoms with van der Waals surface area (Å²) in [4.78, 5) is 40.8. The van der Waals surface area contributed by atoms with Crippen LogP contribution >= 0.6 is 0 Å². The van der Waals surface area contributed by atoms with Gasteiger partial charge in [-0.2, -0.15) is 0 Å². The summed E-state index contributed by atoms with van der Waals surface area (Å²) in [6, 6.07) is 8.52. The zero-order chi connectivity index (χ0) is 20.0. The Morgan fingerprint density at radius 3 is 2.55 bits per heavy atom. The monoisotopic (exact) mass is 394 g/mol. The predicted octanol–water partition coefficient (Wildman–Crippen LogP) is 1.59. The van der Waals surface area contributed by atoms with Gasteiger partial charge in [-0.3, -0.25) is 9.59 Å². The molecule has 0 aromatic heterocycles. The fourth-order valence-electron chi connectivity index (χ4n) is 4.48. The Bertz CT molecular complexity index is 1010. The molecule has 1 unspecified atom stereocenters. The fourth-order valence-corrected chi connectivity index (χ4v) is 4.48. The zero-order valence-corrected chi connectivity index (χ0v) is 16.4. The van der Waals surface area contributed by atoms with Crippen molar-refractivity contribution in [3.63, 3.8) is 0 Å². The molecule has 2 amide bonds. The molecule has 7 nitrogen and oxygen atoms in total.